The van der Waals surface area contributed by atoms with Crippen LogP contribution in [0.5, 0.6) is 0 Å². The molecular weight excluding hydrogens is 306 g/mol. The molecule has 7 heteroatoms. The van der Waals surface area contributed by atoms with E-state index >= 15 is 0 Å². The lowest BCUT2D eigenvalue weighted by Crippen LogP contribution is -2.58. The summed E-state index contributed by atoms with van der Waals surface area (Å²) in [6, 6.07) is 7.69. The Hall–Kier alpha value is -2.57. The fraction of sp³-hybridized carbons (Fsp3) is 0.471. The van der Waals surface area contributed by atoms with Crippen molar-refractivity contribution in [2.45, 2.75) is 44.2 Å². The summed E-state index contributed by atoms with van der Waals surface area (Å²) in [6.07, 6.45) is 5.30. The number of rotatable bonds is 3. The average molecular weight is 329 g/mol. The van der Waals surface area contributed by atoms with Crippen molar-refractivity contribution in [1.82, 2.24) is 0 Å². The molecule has 128 valence electrons. The number of nitrogens with two attached hydrogens (primary N) is 2. The van der Waals surface area contributed by atoms with Crippen molar-refractivity contribution >= 4 is 23.6 Å². The Kier molecular flexibility index (Phi) is 4.42. The van der Waals surface area contributed by atoms with Gasteiger partial charge in [-0.3, -0.25) is 9.69 Å². The Labute approximate surface area is 141 Å². The third kappa shape index (κ3) is 3.06. The molecule has 0 bridgehead atoms. The van der Waals surface area contributed by atoms with E-state index < -0.39 is 5.66 Å². The standard InChI is InChI=1S/C17H23N5O2/c1-24-14(23)11-12-6-5-7-13(10-12)22-16(19)20-15(18)21-17(22)8-3-2-4-9-17/h5-7,10H,2-4,8-9,11H2,1H3,(H4,18,19,20,21). The summed E-state index contributed by atoms with van der Waals surface area (Å²) in [4.78, 5) is 22.3. The van der Waals surface area contributed by atoms with Crippen molar-refractivity contribution in [2.75, 3.05) is 12.0 Å². The Bertz CT molecular complexity index is 692. The smallest absolute Gasteiger partial charge is 0.309 e. The molecule has 0 atom stereocenters. The van der Waals surface area contributed by atoms with E-state index in [1.54, 1.807) is 0 Å². The van der Waals surface area contributed by atoms with Crippen LogP contribution < -0.4 is 16.4 Å². The van der Waals surface area contributed by atoms with Crippen molar-refractivity contribution in [3.63, 3.8) is 0 Å². The van der Waals surface area contributed by atoms with E-state index in [9.17, 15) is 4.79 Å². The number of guanidine groups is 2. The van der Waals surface area contributed by atoms with E-state index in [-0.39, 0.29) is 18.3 Å². The van der Waals surface area contributed by atoms with Crippen LogP contribution in [0.3, 0.4) is 0 Å². The quantitative estimate of drug-likeness (QED) is 0.818. The van der Waals surface area contributed by atoms with E-state index in [0.717, 1.165) is 36.9 Å². The molecule has 1 aliphatic carbocycles. The van der Waals surface area contributed by atoms with Crippen molar-refractivity contribution in [2.24, 2.45) is 21.5 Å². The molecule has 7 nitrogen and oxygen atoms in total. The molecule has 1 aliphatic heterocycles. The number of hydrogen-bond donors (Lipinski definition) is 2. The van der Waals surface area contributed by atoms with Gasteiger partial charge in [0.15, 0.2) is 0 Å². The van der Waals surface area contributed by atoms with Gasteiger partial charge in [0.05, 0.1) is 13.5 Å². The highest BCUT2D eigenvalue weighted by Gasteiger charge is 2.42. The third-order valence-corrected chi connectivity index (χ3v) is 4.60. The summed E-state index contributed by atoms with van der Waals surface area (Å²) in [6.45, 7) is 0. The predicted molar refractivity (Wildman–Crippen MR) is 93.7 cm³/mol. The van der Waals surface area contributed by atoms with Crippen molar-refractivity contribution < 1.29 is 9.53 Å². The zero-order valence-electron chi connectivity index (χ0n) is 13.9. The maximum Gasteiger partial charge on any atom is 0.309 e. The molecule has 1 aromatic rings. The molecule has 1 aromatic carbocycles. The molecule has 1 heterocycles. The minimum absolute atomic E-state index is 0.216. The maximum absolute atomic E-state index is 11.5. The van der Waals surface area contributed by atoms with Gasteiger partial charge in [0.2, 0.25) is 11.9 Å². The molecule has 24 heavy (non-hydrogen) atoms. The van der Waals surface area contributed by atoms with Crippen LogP contribution in [-0.4, -0.2) is 30.7 Å². The average Bonchev–Trinajstić information content (AvgIpc) is 2.55. The molecule has 0 amide bonds. The predicted octanol–water partition coefficient (Wildman–Crippen LogP) is 1.51. The van der Waals surface area contributed by atoms with Gasteiger partial charge in [-0.25, -0.2) is 4.99 Å². The largest absolute Gasteiger partial charge is 0.469 e. The molecule has 1 spiro atoms. The number of anilines is 1. The SMILES string of the molecule is COC(=O)Cc1cccc(N2C(N)=NC(N)=NC23CCCCC3)c1. The number of aliphatic imine (C=N–C) groups is 2. The number of hydrogen-bond acceptors (Lipinski definition) is 7. The first kappa shape index (κ1) is 16.3. The number of carbonyl (C=O) groups is 1. The first-order valence-electron chi connectivity index (χ1n) is 8.19. The molecule has 0 aromatic heterocycles. The number of benzene rings is 1. The highest BCUT2D eigenvalue weighted by molar-refractivity contribution is 6.05. The van der Waals surface area contributed by atoms with Crippen LogP contribution in [0.1, 0.15) is 37.7 Å². The lowest BCUT2D eigenvalue weighted by molar-refractivity contribution is -0.139. The molecule has 0 radical (unpaired) electrons. The van der Waals surface area contributed by atoms with E-state index in [1.165, 1.54) is 13.5 Å². The molecule has 0 saturated heterocycles. The van der Waals surface area contributed by atoms with Gasteiger partial charge in [-0.05, 0) is 43.4 Å². The van der Waals surface area contributed by atoms with Gasteiger partial charge in [0, 0.05) is 5.69 Å². The Balaban J connectivity index is 1.98. The molecule has 0 unspecified atom stereocenters. The zero-order chi connectivity index (χ0) is 17.2. The van der Waals surface area contributed by atoms with Gasteiger partial charge in [0.25, 0.3) is 0 Å². The molecule has 4 N–H and O–H groups in total. The van der Waals surface area contributed by atoms with Gasteiger partial charge in [-0.15, -0.1) is 0 Å². The normalized spacial score (nSPS) is 19.6. The van der Waals surface area contributed by atoms with Crippen LogP contribution in [0.25, 0.3) is 0 Å². The second-order valence-corrected chi connectivity index (χ2v) is 6.24. The first-order valence-corrected chi connectivity index (χ1v) is 8.19. The van der Waals surface area contributed by atoms with Gasteiger partial charge in [-0.2, -0.15) is 4.99 Å². The Morgan fingerprint density at radius 1 is 1.29 bits per heavy atom. The fourth-order valence-corrected chi connectivity index (χ4v) is 3.54. The lowest BCUT2D eigenvalue weighted by atomic mass is 9.87. The van der Waals surface area contributed by atoms with Crippen LogP contribution >= 0.6 is 0 Å². The van der Waals surface area contributed by atoms with Crippen LogP contribution in [0.2, 0.25) is 0 Å². The number of methoxy groups -OCH3 is 1. The van der Waals surface area contributed by atoms with Crippen LogP contribution in [0.15, 0.2) is 34.3 Å². The van der Waals surface area contributed by atoms with Gasteiger partial charge in [-0.1, -0.05) is 18.6 Å². The monoisotopic (exact) mass is 329 g/mol. The Morgan fingerprint density at radius 2 is 2.04 bits per heavy atom. The van der Waals surface area contributed by atoms with E-state index in [4.69, 9.17) is 16.2 Å². The number of esters is 1. The summed E-state index contributed by atoms with van der Waals surface area (Å²) in [5.74, 6) is 0.304. The number of nitrogens with zero attached hydrogens (tertiary/aromatic N) is 3. The van der Waals surface area contributed by atoms with E-state index in [0.29, 0.717) is 5.96 Å². The second kappa shape index (κ2) is 6.51. The first-order chi connectivity index (χ1) is 11.5. The maximum atomic E-state index is 11.5. The topological polar surface area (TPSA) is 106 Å². The molecule has 1 saturated carbocycles. The van der Waals surface area contributed by atoms with Crippen molar-refractivity contribution in [3.05, 3.63) is 29.8 Å². The molecule has 2 aliphatic rings. The molecular formula is C17H23N5O2. The third-order valence-electron chi connectivity index (χ3n) is 4.60. The van der Waals surface area contributed by atoms with Gasteiger partial charge in [0.1, 0.15) is 5.66 Å². The van der Waals surface area contributed by atoms with Crippen molar-refractivity contribution in [3.8, 4) is 0 Å². The fourth-order valence-electron chi connectivity index (χ4n) is 3.54. The van der Waals surface area contributed by atoms with Crippen molar-refractivity contribution in [1.29, 1.82) is 0 Å². The Morgan fingerprint density at radius 3 is 2.75 bits per heavy atom. The van der Waals surface area contributed by atoms with Crippen LogP contribution in [-0.2, 0) is 16.0 Å². The summed E-state index contributed by atoms with van der Waals surface area (Å²) >= 11 is 0. The number of ether oxygens (including phenoxy) is 1. The minimum atomic E-state index is -0.474. The van der Waals surface area contributed by atoms with Crippen LogP contribution in [0, 0.1) is 0 Å². The summed E-state index contributed by atoms with van der Waals surface area (Å²) < 4.78 is 4.75. The summed E-state index contributed by atoms with van der Waals surface area (Å²) in [5, 5.41) is 0. The second-order valence-electron chi connectivity index (χ2n) is 6.24. The highest BCUT2D eigenvalue weighted by atomic mass is 16.5. The van der Waals surface area contributed by atoms with E-state index in [2.05, 4.69) is 9.98 Å². The number of carbonyl (C=O) groups excluding carboxylic acids is 1. The summed E-state index contributed by atoms with van der Waals surface area (Å²) in [7, 11) is 1.38. The van der Waals surface area contributed by atoms with Crippen LogP contribution in [0.4, 0.5) is 5.69 Å². The molecule has 1 fully saturated rings. The van der Waals surface area contributed by atoms with Gasteiger partial charge >= 0.3 is 5.97 Å². The van der Waals surface area contributed by atoms with E-state index in [1.807, 2.05) is 29.2 Å². The highest BCUT2D eigenvalue weighted by Crippen LogP contribution is 2.39. The zero-order valence-corrected chi connectivity index (χ0v) is 13.9. The summed E-state index contributed by atoms with van der Waals surface area (Å²) in [5.41, 5.74) is 13.3. The lowest BCUT2D eigenvalue weighted by Gasteiger charge is -2.45. The minimum Gasteiger partial charge on any atom is -0.469 e. The van der Waals surface area contributed by atoms with Gasteiger partial charge < -0.3 is 16.2 Å². The molecule has 3 rings (SSSR count).